The molecule has 29 heavy (non-hydrogen) atoms. The number of amides is 1. The number of carbonyl (C=O) groups is 2. The second-order valence-corrected chi connectivity index (χ2v) is 7.65. The predicted molar refractivity (Wildman–Crippen MR) is 111 cm³/mol. The number of ether oxygens (including phenoxy) is 1. The summed E-state index contributed by atoms with van der Waals surface area (Å²) in [6.07, 6.45) is 0. The molecule has 1 N–H and O–H groups in total. The Morgan fingerprint density at radius 3 is 2.52 bits per heavy atom. The van der Waals surface area contributed by atoms with Crippen LogP contribution in [0.5, 0.6) is 0 Å². The van der Waals surface area contributed by atoms with E-state index in [2.05, 4.69) is 5.32 Å². The lowest BCUT2D eigenvalue weighted by atomic mass is 10.1. The third kappa shape index (κ3) is 4.74. The molecule has 0 aliphatic carbocycles. The van der Waals surface area contributed by atoms with E-state index in [1.807, 2.05) is 42.9 Å². The first-order valence-electron chi connectivity index (χ1n) is 9.32. The number of hydrogen-bond acceptors (Lipinski definition) is 4. The summed E-state index contributed by atoms with van der Waals surface area (Å²) in [5, 5.41) is 4.78. The number of hydrogen-bond donors (Lipinski definition) is 1. The quantitative estimate of drug-likeness (QED) is 0.584. The number of esters is 1. The molecule has 3 aromatic rings. The summed E-state index contributed by atoms with van der Waals surface area (Å²) in [5.74, 6) is -1.30. The molecule has 5 nitrogen and oxygen atoms in total. The van der Waals surface area contributed by atoms with Gasteiger partial charge in [-0.05, 0) is 56.0 Å². The molecule has 1 amide bonds. The lowest BCUT2D eigenvalue weighted by molar-refractivity contribution is -0.124. The Morgan fingerprint density at radius 1 is 1.21 bits per heavy atom. The number of nitrogens with one attached hydrogen (secondary N) is 1. The van der Waals surface area contributed by atoms with Gasteiger partial charge in [0.1, 0.15) is 5.82 Å². The molecule has 0 saturated heterocycles. The number of nitrogens with zero attached hydrogens (tertiary/aromatic N) is 1. The van der Waals surface area contributed by atoms with Gasteiger partial charge in [-0.25, -0.2) is 9.18 Å². The van der Waals surface area contributed by atoms with E-state index in [1.54, 1.807) is 18.2 Å². The average Bonchev–Trinajstić information content (AvgIpc) is 3.33. The summed E-state index contributed by atoms with van der Waals surface area (Å²) in [6.45, 7) is 6.15. The SMILES string of the molecule is CCn1c(C)cc(C(=O)OCC(=O)N[C@H](c2ccc(F)cc2)c2cccs2)c1C. The highest BCUT2D eigenvalue weighted by Gasteiger charge is 2.21. The van der Waals surface area contributed by atoms with E-state index in [-0.39, 0.29) is 5.82 Å². The van der Waals surface area contributed by atoms with E-state index < -0.39 is 24.5 Å². The van der Waals surface area contributed by atoms with Crippen LogP contribution >= 0.6 is 11.3 Å². The fraction of sp³-hybridized carbons (Fsp3) is 0.273. The number of rotatable bonds is 7. The van der Waals surface area contributed by atoms with Gasteiger partial charge < -0.3 is 14.6 Å². The summed E-state index contributed by atoms with van der Waals surface area (Å²) in [7, 11) is 0. The smallest absolute Gasteiger partial charge is 0.340 e. The third-order valence-corrected chi connectivity index (χ3v) is 5.72. The molecule has 1 atom stereocenters. The molecule has 0 aliphatic heterocycles. The molecule has 0 unspecified atom stereocenters. The average molecular weight is 415 g/mol. The minimum atomic E-state index is -0.526. The molecular formula is C22H23FN2O3S. The first-order chi connectivity index (χ1) is 13.9. The van der Waals surface area contributed by atoms with Crippen LogP contribution in [0.1, 0.15) is 45.2 Å². The van der Waals surface area contributed by atoms with Gasteiger partial charge in [-0.15, -0.1) is 11.3 Å². The van der Waals surface area contributed by atoms with Crippen molar-refractivity contribution < 1.29 is 18.7 Å². The van der Waals surface area contributed by atoms with Crippen molar-refractivity contribution in [3.8, 4) is 0 Å². The number of benzene rings is 1. The molecular weight excluding hydrogens is 391 g/mol. The minimum Gasteiger partial charge on any atom is -0.452 e. The van der Waals surface area contributed by atoms with Gasteiger partial charge in [-0.3, -0.25) is 4.79 Å². The molecule has 3 rings (SSSR count). The first kappa shape index (κ1) is 20.8. The maximum atomic E-state index is 13.3. The summed E-state index contributed by atoms with van der Waals surface area (Å²) in [4.78, 5) is 25.8. The number of aromatic nitrogens is 1. The predicted octanol–water partition coefficient (Wildman–Crippen LogP) is 4.39. The van der Waals surface area contributed by atoms with Gasteiger partial charge in [0.15, 0.2) is 6.61 Å². The van der Waals surface area contributed by atoms with E-state index in [4.69, 9.17) is 4.74 Å². The van der Waals surface area contributed by atoms with E-state index in [0.29, 0.717) is 5.56 Å². The molecule has 0 fully saturated rings. The zero-order chi connectivity index (χ0) is 21.0. The molecule has 7 heteroatoms. The van der Waals surface area contributed by atoms with Gasteiger partial charge in [0.05, 0.1) is 11.6 Å². The van der Waals surface area contributed by atoms with E-state index in [1.165, 1.54) is 23.5 Å². The molecule has 152 valence electrons. The Bertz CT molecular complexity index is 994. The van der Waals surface area contributed by atoms with E-state index in [0.717, 1.165) is 28.4 Å². The maximum absolute atomic E-state index is 13.3. The summed E-state index contributed by atoms with van der Waals surface area (Å²) >= 11 is 1.48. The number of aryl methyl sites for hydroxylation is 1. The lowest BCUT2D eigenvalue weighted by Gasteiger charge is -2.18. The molecule has 1 aromatic carbocycles. The Balaban J connectivity index is 1.68. The second-order valence-electron chi connectivity index (χ2n) is 6.67. The van der Waals surface area contributed by atoms with Gasteiger partial charge in [-0.1, -0.05) is 18.2 Å². The fourth-order valence-corrected chi connectivity index (χ4v) is 4.14. The second kappa shape index (κ2) is 9.05. The van der Waals surface area contributed by atoms with Crippen LogP contribution in [0.25, 0.3) is 0 Å². The van der Waals surface area contributed by atoms with E-state index in [9.17, 15) is 14.0 Å². The van der Waals surface area contributed by atoms with Crippen LogP contribution in [0, 0.1) is 19.7 Å². The van der Waals surface area contributed by atoms with E-state index >= 15 is 0 Å². The van der Waals surface area contributed by atoms with Crippen LogP contribution < -0.4 is 5.32 Å². The molecule has 2 heterocycles. The zero-order valence-corrected chi connectivity index (χ0v) is 17.4. The van der Waals surface area contributed by atoms with Crippen molar-refractivity contribution in [2.45, 2.75) is 33.4 Å². The topological polar surface area (TPSA) is 60.3 Å². The number of halogens is 1. The molecule has 0 aliphatic rings. The van der Waals surface area contributed by atoms with Gasteiger partial charge in [0.2, 0.25) is 0 Å². The van der Waals surface area contributed by atoms with Crippen LogP contribution in [0.2, 0.25) is 0 Å². The first-order valence-corrected chi connectivity index (χ1v) is 10.2. The zero-order valence-electron chi connectivity index (χ0n) is 16.6. The lowest BCUT2D eigenvalue weighted by Crippen LogP contribution is -2.32. The summed E-state index contributed by atoms with van der Waals surface area (Å²) < 4.78 is 20.5. The Labute approximate surface area is 173 Å². The van der Waals surface area contributed by atoms with Crippen LogP contribution in [0.15, 0.2) is 47.8 Å². The minimum absolute atomic E-state index is 0.344. The normalized spacial score (nSPS) is 11.9. The van der Waals surface area contributed by atoms with Gasteiger partial charge >= 0.3 is 5.97 Å². The molecule has 2 aromatic heterocycles. The van der Waals surface area contributed by atoms with Crippen LogP contribution in [0.3, 0.4) is 0 Å². The van der Waals surface area contributed by atoms with Gasteiger partial charge in [-0.2, -0.15) is 0 Å². The standard InChI is InChI=1S/C22H23FN2O3S/c1-4-25-14(2)12-18(15(25)3)22(27)28-13-20(26)24-21(19-6-5-11-29-19)16-7-9-17(23)10-8-16/h5-12,21H,4,13H2,1-3H3,(H,24,26)/t21-/m1/s1. The molecule has 0 spiro atoms. The highest BCUT2D eigenvalue weighted by molar-refractivity contribution is 7.10. The van der Waals surface area contributed by atoms with Crippen LogP contribution in [-0.4, -0.2) is 23.1 Å². The monoisotopic (exact) mass is 414 g/mol. The van der Waals surface area contributed by atoms with Crippen molar-refractivity contribution in [2.75, 3.05) is 6.61 Å². The fourth-order valence-electron chi connectivity index (χ4n) is 3.34. The Hall–Kier alpha value is -2.93. The molecule has 0 saturated carbocycles. The Morgan fingerprint density at radius 2 is 1.93 bits per heavy atom. The highest BCUT2D eigenvalue weighted by Crippen LogP contribution is 2.26. The van der Waals surface area contributed by atoms with Crippen LogP contribution in [0.4, 0.5) is 4.39 Å². The van der Waals surface area contributed by atoms with Gasteiger partial charge in [0, 0.05) is 22.8 Å². The van der Waals surface area contributed by atoms with Crippen molar-refractivity contribution in [2.24, 2.45) is 0 Å². The summed E-state index contributed by atoms with van der Waals surface area (Å²) in [5.41, 5.74) is 3.00. The van der Waals surface area contributed by atoms with Crippen molar-refractivity contribution >= 4 is 23.2 Å². The van der Waals surface area contributed by atoms with Crippen LogP contribution in [-0.2, 0) is 16.1 Å². The van der Waals surface area contributed by atoms with Crippen molar-refractivity contribution in [3.05, 3.63) is 81.1 Å². The van der Waals surface area contributed by atoms with Gasteiger partial charge in [0.25, 0.3) is 5.91 Å². The third-order valence-electron chi connectivity index (χ3n) is 4.78. The Kier molecular flexibility index (Phi) is 6.49. The summed E-state index contributed by atoms with van der Waals surface area (Å²) in [6, 6.07) is 11.1. The maximum Gasteiger partial charge on any atom is 0.340 e. The van der Waals surface area contributed by atoms with Crippen molar-refractivity contribution in [3.63, 3.8) is 0 Å². The van der Waals surface area contributed by atoms with Crippen molar-refractivity contribution in [1.29, 1.82) is 0 Å². The molecule has 0 bridgehead atoms. The number of thiophene rings is 1. The largest absolute Gasteiger partial charge is 0.452 e. The van der Waals surface area contributed by atoms with Crippen molar-refractivity contribution in [1.82, 2.24) is 9.88 Å². The molecule has 0 radical (unpaired) electrons. The highest BCUT2D eigenvalue weighted by atomic mass is 32.1. The number of carbonyl (C=O) groups excluding carboxylic acids is 2.